The third-order valence-corrected chi connectivity index (χ3v) is 5.82. The lowest BCUT2D eigenvalue weighted by atomic mass is 10.1. The minimum Gasteiger partial charge on any atom is -0.384 e. The van der Waals surface area contributed by atoms with Crippen molar-refractivity contribution >= 4 is 34.0 Å². The maximum atomic E-state index is 12.7. The second-order valence-electron chi connectivity index (χ2n) is 7.13. The van der Waals surface area contributed by atoms with Gasteiger partial charge in [-0.25, -0.2) is 4.98 Å². The van der Waals surface area contributed by atoms with E-state index in [9.17, 15) is 9.59 Å². The highest BCUT2D eigenvalue weighted by Crippen LogP contribution is 2.27. The minimum atomic E-state index is -0.237. The zero-order chi connectivity index (χ0) is 20.9. The van der Waals surface area contributed by atoms with E-state index in [0.717, 1.165) is 29.8 Å². The molecule has 154 valence electrons. The topological polar surface area (TPSA) is 71.5 Å². The highest BCUT2D eigenvalue weighted by atomic mass is 32.1. The van der Waals surface area contributed by atoms with Crippen molar-refractivity contribution in [2.75, 3.05) is 30.5 Å². The number of carbonyl (C=O) groups is 2. The predicted molar refractivity (Wildman–Crippen MR) is 119 cm³/mol. The lowest BCUT2D eigenvalue weighted by Crippen LogP contribution is -2.24. The lowest BCUT2D eigenvalue weighted by molar-refractivity contribution is -0.117. The molecule has 0 bridgehead atoms. The van der Waals surface area contributed by atoms with Gasteiger partial charge in [0.1, 0.15) is 0 Å². The molecule has 3 aromatic rings. The van der Waals surface area contributed by atoms with Crippen molar-refractivity contribution in [1.82, 2.24) is 4.98 Å². The molecule has 1 saturated heterocycles. The number of rotatable bonds is 7. The second-order valence-corrected chi connectivity index (χ2v) is 7.99. The molecule has 1 aliphatic heterocycles. The molecule has 0 aliphatic carbocycles. The number of nitrogens with zero attached hydrogens (tertiary/aromatic N) is 2. The van der Waals surface area contributed by atoms with Gasteiger partial charge in [-0.1, -0.05) is 30.3 Å². The lowest BCUT2D eigenvalue weighted by Gasteiger charge is -2.16. The molecule has 2 amide bonds. The van der Waals surface area contributed by atoms with Crippen molar-refractivity contribution in [3.05, 3.63) is 65.0 Å². The third kappa shape index (κ3) is 4.58. The summed E-state index contributed by atoms with van der Waals surface area (Å²) in [5.41, 5.74) is 4.30. The number of ether oxygens (including phenoxy) is 1. The Morgan fingerprint density at radius 1 is 1.23 bits per heavy atom. The Bertz CT molecular complexity index is 1050. The van der Waals surface area contributed by atoms with Crippen molar-refractivity contribution in [3.8, 4) is 11.3 Å². The molecule has 1 N–H and O–H groups in total. The van der Waals surface area contributed by atoms with Gasteiger partial charge in [0.05, 0.1) is 12.3 Å². The third-order valence-electron chi connectivity index (χ3n) is 5.06. The second kappa shape index (κ2) is 9.19. The molecule has 6 nitrogen and oxygen atoms in total. The fourth-order valence-corrected chi connectivity index (χ4v) is 4.15. The highest BCUT2D eigenvalue weighted by molar-refractivity contribution is 7.14. The molecule has 1 aromatic heterocycles. The number of methoxy groups -OCH3 is 1. The first-order valence-electron chi connectivity index (χ1n) is 9.89. The normalized spacial score (nSPS) is 13.6. The fraction of sp³-hybridized carbons (Fsp3) is 0.261. The molecule has 1 aliphatic rings. The predicted octanol–water partition coefficient (Wildman–Crippen LogP) is 4.38. The Hall–Kier alpha value is -3.03. The Balaban J connectivity index is 1.43. The fourth-order valence-electron chi connectivity index (χ4n) is 3.43. The molecule has 7 heteroatoms. The summed E-state index contributed by atoms with van der Waals surface area (Å²) in [6.07, 6.45) is 2.29. The summed E-state index contributed by atoms with van der Waals surface area (Å²) < 4.78 is 5.11. The Labute approximate surface area is 179 Å². The smallest absolute Gasteiger partial charge is 0.257 e. The first-order chi connectivity index (χ1) is 14.6. The maximum Gasteiger partial charge on any atom is 0.257 e. The summed E-state index contributed by atoms with van der Waals surface area (Å²) in [5, 5.41) is 5.34. The Morgan fingerprint density at radius 3 is 2.80 bits per heavy atom. The summed E-state index contributed by atoms with van der Waals surface area (Å²) in [6.45, 7) is 1.39. The number of nitrogens with one attached hydrogen (secondary N) is 1. The summed E-state index contributed by atoms with van der Waals surface area (Å²) in [7, 11) is 1.70. The van der Waals surface area contributed by atoms with Gasteiger partial charge in [0.25, 0.3) is 5.91 Å². The number of amides is 2. The molecule has 1 fully saturated rings. The molecule has 0 spiro atoms. The Kier molecular flexibility index (Phi) is 6.21. The monoisotopic (exact) mass is 421 g/mol. The highest BCUT2D eigenvalue weighted by Gasteiger charge is 2.22. The van der Waals surface area contributed by atoms with Gasteiger partial charge >= 0.3 is 0 Å². The molecule has 0 unspecified atom stereocenters. The van der Waals surface area contributed by atoms with Gasteiger partial charge in [-0.05, 0) is 36.6 Å². The first kappa shape index (κ1) is 20.3. The van der Waals surface area contributed by atoms with Gasteiger partial charge in [0.2, 0.25) is 5.91 Å². The molecule has 0 radical (unpaired) electrons. The first-order valence-corrected chi connectivity index (χ1v) is 10.8. The molecular weight excluding hydrogens is 398 g/mol. The number of carbonyl (C=O) groups excluding carboxylic acids is 2. The van der Waals surface area contributed by atoms with Crippen LogP contribution in [0.5, 0.6) is 0 Å². The van der Waals surface area contributed by atoms with E-state index in [1.54, 1.807) is 30.2 Å². The maximum absolute atomic E-state index is 12.7. The van der Waals surface area contributed by atoms with Gasteiger partial charge in [-0.2, -0.15) is 0 Å². The Morgan fingerprint density at radius 2 is 2.07 bits per heavy atom. The van der Waals surface area contributed by atoms with Crippen LogP contribution >= 0.6 is 11.3 Å². The van der Waals surface area contributed by atoms with Crippen molar-refractivity contribution in [2.45, 2.75) is 19.3 Å². The number of anilines is 2. The number of benzene rings is 2. The van der Waals surface area contributed by atoms with Crippen molar-refractivity contribution in [2.24, 2.45) is 0 Å². The summed E-state index contributed by atoms with van der Waals surface area (Å²) >= 11 is 1.39. The molecule has 2 heterocycles. The standard InChI is InChI=1S/C23H23N3O3S/c1-29-13-11-16-7-9-17(10-8-16)20-15-30-23(24-20)25-22(28)18-4-2-5-19(14-18)26-12-3-6-21(26)27/h2,4-5,7-10,14-15H,3,6,11-13H2,1H3,(H,24,25,28). The SMILES string of the molecule is COCCc1ccc(-c2csc(NC(=O)c3cccc(N4CCCC4=O)c3)n2)cc1. The largest absolute Gasteiger partial charge is 0.384 e. The van der Waals surface area contributed by atoms with Crippen LogP contribution in [0.1, 0.15) is 28.8 Å². The van der Waals surface area contributed by atoms with E-state index in [2.05, 4.69) is 22.4 Å². The van der Waals surface area contributed by atoms with Crippen molar-refractivity contribution in [1.29, 1.82) is 0 Å². The quantitative estimate of drug-likeness (QED) is 0.615. The molecule has 0 atom stereocenters. The summed E-state index contributed by atoms with van der Waals surface area (Å²) in [5.74, 6) is -0.135. The number of aromatic nitrogens is 1. The van der Waals surface area contributed by atoms with Crippen molar-refractivity contribution in [3.63, 3.8) is 0 Å². The summed E-state index contributed by atoms with van der Waals surface area (Å²) in [4.78, 5) is 30.9. The van der Waals surface area contributed by atoms with Crippen LogP contribution in [-0.4, -0.2) is 37.1 Å². The number of hydrogen-bond acceptors (Lipinski definition) is 5. The van der Waals surface area contributed by atoms with E-state index in [-0.39, 0.29) is 11.8 Å². The van der Waals surface area contributed by atoms with Gasteiger partial charge in [0.15, 0.2) is 5.13 Å². The molecule has 30 heavy (non-hydrogen) atoms. The van der Waals surface area contributed by atoms with Crippen LogP contribution in [0.15, 0.2) is 53.9 Å². The van der Waals surface area contributed by atoms with Crippen molar-refractivity contribution < 1.29 is 14.3 Å². The number of hydrogen-bond donors (Lipinski definition) is 1. The van der Waals surface area contributed by atoms with E-state index >= 15 is 0 Å². The zero-order valence-electron chi connectivity index (χ0n) is 16.8. The molecule has 0 saturated carbocycles. The average molecular weight is 422 g/mol. The molecule has 4 rings (SSSR count). The average Bonchev–Trinajstić information content (AvgIpc) is 3.41. The summed E-state index contributed by atoms with van der Waals surface area (Å²) in [6, 6.07) is 15.4. The van der Waals surface area contributed by atoms with Gasteiger partial charge in [-0.3, -0.25) is 14.9 Å². The van der Waals surface area contributed by atoms with Gasteiger partial charge < -0.3 is 9.64 Å². The van der Waals surface area contributed by atoms with Crippen LogP contribution in [0.2, 0.25) is 0 Å². The zero-order valence-corrected chi connectivity index (χ0v) is 17.6. The molecular formula is C23H23N3O3S. The van der Waals surface area contributed by atoms with E-state index in [0.29, 0.717) is 30.3 Å². The van der Waals surface area contributed by atoms with Crippen LogP contribution in [0.3, 0.4) is 0 Å². The van der Waals surface area contributed by atoms with Gasteiger partial charge in [0, 0.05) is 42.3 Å². The van der Waals surface area contributed by atoms with E-state index < -0.39 is 0 Å². The van der Waals surface area contributed by atoms with E-state index in [1.165, 1.54) is 16.9 Å². The van der Waals surface area contributed by atoms with Crippen LogP contribution < -0.4 is 10.2 Å². The van der Waals surface area contributed by atoms with E-state index in [1.807, 2.05) is 23.6 Å². The van der Waals surface area contributed by atoms with Crippen LogP contribution in [0.4, 0.5) is 10.8 Å². The van der Waals surface area contributed by atoms with Crippen LogP contribution in [0, 0.1) is 0 Å². The molecule has 2 aromatic carbocycles. The van der Waals surface area contributed by atoms with Crippen LogP contribution in [-0.2, 0) is 16.0 Å². The van der Waals surface area contributed by atoms with Gasteiger partial charge in [-0.15, -0.1) is 11.3 Å². The number of thiazole rings is 1. The van der Waals surface area contributed by atoms with Crippen LogP contribution in [0.25, 0.3) is 11.3 Å². The van der Waals surface area contributed by atoms with E-state index in [4.69, 9.17) is 4.74 Å². The minimum absolute atomic E-state index is 0.102.